The van der Waals surface area contributed by atoms with Crippen molar-refractivity contribution >= 4 is 34.3 Å². The lowest BCUT2D eigenvalue weighted by Crippen LogP contribution is -2.32. The summed E-state index contributed by atoms with van der Waals surface area (Å²) in [5, 5.41) is 0. The van der Waals surface area contributed by atoms with Crippen molar-refractivity contribution in [1.82, 2.24) is 0 Å². The van der Waals surface area contributed by atoms with Crippen LogP contribution < -0.4 is 9.64 Å². The molecule has 2 nitrogen and oxygen atoms in total. The van der Waals surface area contributed by atoms with E-state index in [-0.39, 0.29) is 23.3 Å². The molecule has 0 fully saturated rings. The van der Waals surface area contributed by atoms with E-state index in [1.165, 1.54) is 66.8 Å². The number of nitrogens with zero attached hydrogens (tertiary/aromatic N) is 1. The SMILES string of the molecule is C=Cc1ccc(C2(C3=CC=C(F)CC3)C3=C(C(c4ccccc4CCC)=C(C)CC3)c3c2cc(N(c2ccccc2)c2ccc(C(C)(C)C)cc2)c2c3OC3C=CC=CC23)cc1. The third kappa shape index (κ3) is 6.34. The lowest BCUT2D eigenvalue weighted by atomic mass is 9.62. The first-order valence-corrected chi connectivity index (χ1v) is 22.6. The molecule has 5 aromatic carbocycles. The van der Waals surface area contributed by atoms with Crippen LogP contribution in [0.15, 0.2) is 175 Å². The van der Waals surface area contributed by atoms with E-state index >= 15 is 4.39 Å². The van der Waals surface area contributed by atoms with E-state index in [4.69, 9.17) is 4.74 Å². The van der Waals surface area contributed by atoms with Gasteiger partial charge in [-0.1, -0.05) is 161 Å². The van der Waals surface area contributed by atoms with Crippen molar-refractivity contribution in [2.75, 3.05) is 4.90 Å². The standard InChI is InChI=1S/C59H56FNO/c1-7-16-40-17-12-13-20-47(40)53-38(3)23-36-49-55(53)56-50(59(49,43-28-32-44(60)33-29-43)42-26-24-39(8-2)25-27-42)37-51(54-48-21-14-15-22-52(48)62-57(54)56)61(45-18-10-9-11-19-45)46-34-30-41(31-35-46)58(4,5)6/h8-15,17-22,24-28,30-32,34-35,37,48,52H,2,7,16,23,29,33,36H2,1,3-6H3. The Morgan fingerprint density at radius 3 is 2.24 bits per heavy atom. The van der Waals surface area contributed by atoms with E-state index in [0.717, 1.165) is 54.1 Å². The van der Waals surface area contributed by atoms with Gasteiger partial charge < -0.3 is 9.64 Å². The van der Waals surface area contributed by atoms with Gasteiger partial charge in [-0.25, -0.2) is 4.39 Å². The van der Waals surface area contributed by atoms with E-state index in [0.29, 0.717) is 12.8 Å². The molecule has 0 radical (unpaired) electrons. The highest BCUT2D eigenvalue weighted by Gasteiger charge is 2.54. The monoisotopic (exact) mass is 813 g/mol. The maximum atomic E-state index is 15.3. The highest BCUT2D eigenvalue weighted by Crippen LogP contribution is 2.67. The third-order valence-electron chi connectivity index (χ3n) is 14.0. The number of anilines is 3. The average Bonchev–Trinajstić information content (AvgIpc) is 3.82. The molecular formula is C59H56FNO. The van der Waals surface area contributed by atoms with Crippen LogP contribution in [0.1, 0.15) is 117 Å². The topological polar surface area (TPSA) is 12.5 Å². The van der Waals surface area contributed by atoms with Crippen molar-refractivity contribution in [1.29, 1.82) is 0 Å². The molecule has 3 unspecified atom stereocenters. The number of fused-ring (bicyclic) bond motifs is 6. The minimum absolute atomic E-state index is 0.0108. The van der Waals surface area contributed by atoms with Gasteiger partial charge in [0.15, 0.2) is 0 Å². The van der Waals surface area contributed by atoms with Gasteiger partial charge in [0.05, 0.1) is 11.1 Å². The fraction of sp³-hybridized carbons (Fsp3) is 0.254. The maximum absolute atomic E-state index is 15.3. The Hall–Kier alpha value is -6.19. The minimum Gasteiger partial charge on any atom is -0.484 e. The predicted octanol–water partition coefficient (Wildman–Crippen LogP) is 15.9. The number of allylic oxidation sites excluding steroid dienone is 10. The molecule has 0 amide bonds. The molecule has 0 N–H and O–H groups in total. The van der Waals surface area contributed by atoms with Gasteiger partial charge in [-0.3, -0.25) is 0 Å². The molecule has 1 aliphatic heterocycles. The smallest absolute Gasteiger partial charge is 0.134 e. The summed E-state index contributed by atoms with van der Waals surface area (Å²) in [5.41, 5.74) is 19.1. The fourth-order valence-electron chi connectivity index (χ4n) is 11.1. The Morgan fingerprint density at radius 1 is 0.806 bits per heavy atom. The summed E-state index contributed by atoms with van der Waals surface area (Å²) in [6.45, 7) is 15.6. The summed E-state index contributed by atoms with van der Waals surface area (Å²) < 4.78 is 22.8. The molecule has 310 valence electrons. The van der Waals surface area contributed by atoms with Crippen LogP contribution in [0.25, 0.3) is 17.2 Å². The van der Waals surface area contributed by atoms with E-state index < -0.39 is 5.41 Å². The molecule has 3 atom stereocenters. The Balaban J connectivity index is 1.37. The van der Waals surface area contributed by atoms with Gasteiger partial charge in [0.25, 0.3) is 0 Å². The third-order valence-corrected chi connectivity index (χ3v) is 14.0. The summed E-state index contributed by atoms with van der Waals surface area (Å²) in [7, 11) is 0. The quantitative estimate of drug-likeness (QED) is 0.147. The van der Waals surface area contributed by atoms with Crippen molar-refractivity contribution < 1.29 is 9.13 Å². The second-order valence-electron chi connectivity index (χ2n) is 18.7. The van der Waals surface area contributed by atoms with Crippen molar-refractivity contribution in [2.45, 2.75) is 96.0 Å². The van der Waals surface area contributed by atoms with Crippen molar-refractivity contribution in [3.8, 4) is 5.75 Å². The lowest BCUT2D eigenvalue weighted by molar-refractivity contribution is 0.268. The van der Waals surface area contributed by atoms with Gasteiger partial charge in [-0.15, -0.1) is 0 Å². The summed E-state index contributed by atoms with van der Waals surface area (Å²) in [6.07, 6.45) is 19.4. The number of ether oxygens (including phenoxy) is 1. The van der Waals surface area contributed by atoms with E-state index in [1.807, 2.05) is 6.08 Å². The van der Waals surface area contributed by atoms with E-state index in [1.54, 1.807) is 6.08 Å². The first kappa shape index (κ1) is 39.9. The Labute approximate surface area is 367 Å². The zero-order valence-electron chi connectivity index (χ0n) is 36.8. The van der Waals surface area contributed by atoms with Crippen LogP contribution in [-0.4, -0.2) is 6.10 Å². The van der Waals surface area contributed by atoms with Gasteiger partial charge in [-0.05, 0) is 131 Å². The van der Waals surface area contributed by atoms with E-state index in [9.17, 15) is 0 Å². The summed E-state index contributed by atoms with van der Waals surface area (Å²) in [4.78, 5) is 2.46. The first-order valence-electron chi connectivity index (χ1n) is 22.6. The van der Waals surface area contributed by atoms with Gasteiger partial charge in [0, 0.05) is 34.8 Å². The molecule has 3 heteroatoms. The predicted molar refractivity (Wildman–Crippen MR) is 258 cm³/mol. The van der Waals surface area contributed by atoms with Crippen molar-refractivity contribution in [3.05, 3.63) is 219 Å². The second kappa shape index (κ2) is 15.6. The molecule has 0 aromatic heterocycles. The lowest BCUT2D eigenvalue weighted by Gasteiger charge is -2.40. The number of rotatable bonds is 9. The van der Waals surface area contributed by atoms with Crippen LogP contribution in [0.5, 0.6) is 5.75 Å². The summed E-state index contributed by atoms with van der Waals surface area (Å²) in [5.74, 6) is 0.907. The molecule has 0 bridgehead atoms. The molecule has 0 saturated heterocycles. The zero-order chi connectivity index (χ0) is 42.8. The molecule has 5 aliphatic rings. The molecule has 0 saturated carbocycles. The van der Waals surface area contributed by atoms with Crippen molar-refractivity contribution in [2.24, 2.45) is 0 Å². The molecule has 10 rings (SSSR count). The van der Waals surface area contributed by atoms with Crippen LogP contribution in [0.4, 0.5) is 21.5 Å². The Morgan fingerprint density at radius 2 is 1.53 bits per heavy atom. The molecule has 4 aliphatic carbocycles. The highest BCUT2D eigenvalue weighted by molar-refractivity contribution is 6.15. The largest absolute Gasteiger partial charge is 0.484 e. The molecular weight excluding hydrogens is 758 g/mol. The summed E-state index contributed by atoms with van der Waals surface area (Å²) in [6, 6.07) is 40.5. The molecule has 5 aromatic rings. The molecule has 0 spiro atoms. The average molecular weight is 814 g/mol. The van der Waals surface area contributed by atoms with Gasteiger partial charge >= 0.3 is 0 Å². The number of benzene rings is 5. The number of hydrogen-bond acceptors (Lipinski definition) is 2. The van der Waals surface area contributed by atoms with Crippen LogP contribution in [-0.2, 0) is 17.3 Å². The van der Waals surface area contributed by atoms with Crippen LogP contribution in [0.3, 0.4) is 0 Å². The first-order chi connectivity index (χ1) is 30.1. The minimum atomic E-state index is -0.682. The van der Waals surface area contributed by atoms with Gasteiger partial charge in [0.2, 0.25) is 0 Å². The zero-order valence-corrected chi connectivity index (χ0v) is 36.8. The number of aryl methyl sites for hydroxylation is 1. The van der Waals surface area contributed by atoms with Crippen LogP contribution in [0.2, 0.25) is 0 Å². The highest BCUT2D eigenvalue weighted by atomic mass is 19.1. The Bertz CT molecular complexity index is 2790. The number of para-hydroxylation sites is 1. The van der Waals surface area contributed by atoms with Crippen LogP contribution in [0, 0.1) is 0 Å². The fourth-order valence-corrected chi connectivity index (χ4v) is 11.1. The molecule has 1 heterocycles. The van der Waals surface area contributed by atoms with Crippen molar-refractivity contribution in [3.63, 3.8) is 0 Å². The number of hydrogen-bond donors (Lipinski definition) is 0. The normalized spacial score (nSPS) is 21.1. The van der Waals surface area contributed by atoms with Gasteiger partial charge in [0.1, 0.15) is 17.7 Å². The van der Waals surface area contributed by atoms with Crippen LogP contribution >= 0.6 is 0 Å². The van der Waals surface area contributed by atoms with E-state index in [2.05, 4.69) is 186 Å². The summed E-state index contributed by atoms with van der Waals surface area (Å²) >= 11 is 0. The maximum Gasteiger partial charge on any atom is 0.134 e. The van der Waals surface area contributed by atoms with Gasteiger partial charge in [-0.2, -0.15) is 0 Å². The number of halogens is 1. The second-order valence-corrected chi connectivity index (χ2v) is 18.7. The molecule has 62 heavy (non-hydrogen) atoms. The Kier molecular flexibility index (Phi) is 10.1.